The van der Waals surface area contributed by atoms with Crippen molar-refractivity contribution in [2.24, 2.45) is 0 Å². The van der Waals surface area contributed by atoms with Crippen molar-refractivity contribution < 1.29 is 0 Å². The van der Waals surface area contributed by atoms with E-state index in [1.807, 2.05) is 12.1 Å². The van der Waals surface area contributed by atoms with E-state index in [9.17, 15) is 0 Å². The van der Waals surface area contributed by atoms with Crippen LogP contribution in [0.2, 0.25) is 0 Å². The fourth-order valence-corrected chi connectivity index (χ4v) is 1.98. The van der Waals surface area contributed by atoms with Crippen molar-refractivity contribution in [3.63, 3.8) is 0 Å². The van der Waals surface area contributed by atoms with Gasteiger partial charge in [-0.05, 0) is 22.9 Å². The summed E-state index contributed by atoms with van der Waals surface area (Å²) in [4.78, 5) is 0. The van der Waals surface area contributed by atoms with Gasteiger partial charge in [0, 0.05) is 0 Å². The van der Waals surface area contributed by atoms with Gasteiger partial charge >= 0.3 is 0 Å². The van der Waals surface area contributed by atoms with Gasteiger partial charge in [0.05, 0.1) is 11.7 Å². The molecule has 0 saturated heterocycles. The molecule has 3 rings (SSSR count). The second-order valence-corrected chi connectivity index (χ2v) is 3.48. The van der Waals surface area contributed by atoms with Gasteiger partial charge < -0.3 is 0 Å². The van der Waals surface area contributed by atoms with Crippen LogP contribution < -0.4 is 0 Å². The SMILES string of the molecule is c1ccc2cc3nsnc3cc2c1. The third-order valence-corrected chi connectivity index (χ3v) is 2.68. The van der Waals surface area contributed by atoms with E-state index < -0.39 is 0 Å². The average Bonchev–Trinajstić information content (AvgIpc) is 2.61. The summed E-state index contributed by atoms with van der Waals surface area (Å²) in [6.07, 6.45) is 0. The van der Waals surface area contributed by atoms with Gasteiger partial charge in [0.15, 0.2) is 0 Å². The highest BCUT2D eigenvalue weighted by Crippen LogP contribution is 2.20. The Morgan fingerprint density at radius 1 is 0.846 bits per heavy atom. The number of benzene rings is 2. The number of hydrogen-bond acceptors (Lipinski definition) is 3. The highest BCUT2D eigenvalue weighted by atomic mass is 32.1. The lowest BCUT2D eigenvalue weighted by Crippen LogP contribution is -1.73. The van der Waals surface area contributed by atoms with Crippen LogP contribution in [0.25, 0.3) is 21.8 Å². The molecule has 1 aromatic heterocycles. The first-order valence-electron chi connectivity index (χ1n) is 4.04. The third kappa shape index (κ3) is 1.01. The minimum absolute atomic E-state index is 0.990. The summed E-state index contributed by atoms with van der Waals surface area (Å²) in [6.45, 7) is 0. The van der Waals surface area contributed by atoms with E-state index in [-0.39, 0.29) is 0 Å². The summed E-state index contributed by atoms with van der Waals surface area (Å²) in [7, 11) is 0. The Morgan fingerprint density at radius 3 is 1.92 bits per heavy atom. The van der Waals surface area contributed by atoms with Gasteiger partial charge in [0.2, 0.25) is 0 Å². The molecule has 0 spiro atoms. The number of fused-ring (bicyclic) bond motifs is 2. The van der Waals surface area contributed by atoms with Crippen LogP contribution in [-0.2, 0) is 0 Å². The predicted molar refractivity (Wildman–Crippen MR) is 54.9 cm³/mol. The molecular weight excluding hydrogens is 180 g/mol. The first kappa shape index (κ1) is 6.97. The molecule has 0 fully saturated rings. The fourth-order valence-electron chi connectivity index (χ4n) is 1.47. The fraction of sp³-hybridized carbons (Fsp3) is 0. The lowest BCUT2D eigenvalue weighted by Gasteiger charge is -1.94. The maximum atomic E-state index is 4.20. The van der Waals surface area contributed by atoms with E-state index in [0.29, 0.717) is 0 Å². The zero-order chi connectivity index (χ0) is 8.67. The smallest absolute Gasteiger partial charge is 0.105 e. The quantitative estimate of drug-likeness (QED) is 0.539. The van der Waals surface area contributed by atoms with Crippen molar-refractivity contribution in [1.29, 1.82) is 0 Å². The molecule has 0 unspecified atom stereocenters. The van der Waals surface area contributed by atoms with E-state index in [1.165, 1.54) is 22.5 Å². The van der Waals surface area contributed by atoms with Gasteiger partial charge in [-0.15, -0.1) is 0 Å². The Morgan fingerprint density at radius 2 is 1.38 bits per heavy atom. The van der Waals surface area contributed by atoms with Crippen LogP contribution in [0.3, 0.4) is 0 Å². The van der Waals surface area contributed by atoms with Gasteiger partial charge in [-0.1, -0.05) is 24.3 Å². The second kappa shape index (κ2) is 2.50. The Bertz CT molecular complexity index is 521. The zero-order valence-electron chi connectivity index (χ0n) is 6.77. The number of aromatic nitrogens is 2. The molecule has 62 valence electrons. The highest BCUT2D eigenvalue weighted by Gasteiger charge is 1.99. The van der Waals surface area contributed by atoms with Crippen molar-refractivity contribution >= 4 is 33.5 Å². The van der Waals surface area contributed by atoms with Crippen molar-refractivity contribution in [2.45, 2.75) is 0 Å². The lowest BCUT2D eigenvalue weighted by molar-refractivity contribution is 1.67. The Kier molecular flexibility index (Phi) is 1.34. The van der Waals surface area contributed by atoms with Crippen molar-refractivity contribution in [2.75, 3.05) is 0 Å². The van der Waals surface area contributed by atoms with Crippen LogP contribution >= 0.6 is 11.7 Å². The lowest BCUT2D eigenvalue weighted by atomic mass is 10.1. The minimum Gasteiger partial charge on any atom is -0.173 e. The topological polar surface area (TPSA) is 25.8 Å². The van der Waals surface area contributed by atoms with Crippen LogP contribution in [0.15, 0.2) is 36.4 Å². The van der Waals surface area contributed by atoms with Gasteiger partial charge in [-0.3, -0.25) is 0 Å². The van der Waals surface area contributed by atoms with Crippen LogP contribution in [-0.4, -0.2) is 8.75 Å². The molecule has 0 radical (unpaired) electrons. The highest BCUT2D eigenvalue weighted by molar-refractivity contribution is 7.00. The normalized spacial score (nSPS) is 11.1. The number of rotatable bonds is 0. The maximum absolute atomic E-state index is 4.20. The molecule has 1 heterocycles. The van der Waals surface area contributed by atoms with Gasteiger partial charge in [-0.2, -0.15) is 8.75 Å². The molecule has 0 aliphatic heterocycles. The molecule has 0 N–H and O–H groups in total. The molecule has 0 bridgehead atoms. The van der Waals surface area contributed by atoms with E-state index in [1.54, 1.807) is 0 Å². The first-order chi connectivity index (χ1) is 6.43. The molecule has 3 heteroatoms. The predicted octanol–water partition coefficient (Wildman–Crippen LogP) is 2.84. The van der Waals surface area contributed by atoms with Crippen LogP contribution in [0.1, 0.15) is 0 Å². The number of nitrogens with zero attached hydrogens (tertiary/aromatic N) is 2. The van der Waals surface area contributed by atoms with Crippen molar-refractivity contribution in [3.8, 4) is 0 Å². The molecule has 0 aliphatic carbocycles. The third-order valence-electron chi connectivity index (χ3n) is 2.12. The van der Waals surface area contributed by atoms with Crippen LogP contribution in [0.4, 0.5) is 0 Å². The molecule has 0 saturated carbocycles. The van der Waals surface area contributed by atoms with Crippen molar-refractivity contribution in [1.82, 2.24) is 8.75 Å². The summed E-state index contributed by atoms with van der Waals surface area (Å²) in [6, 6.07) is 12.4. The Balaban J connectivity index is 2.57. The van der Waals surface area contributed by atoms with Gasteiger partial charge in [0.1, 0.15) is 11.0 Å². The Hall–Kier alpha value is -1.48. The molecule has 0 atom stereocenters. The Labute approximate surface area is 79.2 Å². The minimum atomic E-state index is 0.990. The van der Waals surface area contributed by atoms with Crippen LogP contribution in [0.5, 0.6) is 0 Å². The second-order valence-electron chi connectivity index (χ2n) is 2.95. The maximum Gasteiger partial charge on any atom is 0.105 e. The van der Waals surface area contributed by atoms with E-state index >= 15 is 0 Å². The summed E-state index contributed by atoms with van der Waals surface area (Å²) >= 11 is 1.26. The molecule has 2 aromatic carbocycles. The summed E-state index contributed by atoms with van der Waals surface area (Å²) in [5, 5.41) is 2.45. The molecular formula is C10H6N2S. The van der Waals surface area contributed by atoms with Crippen molar-refractivity contribution in [3.05, 3.63) is 36.4 Å². The summed E-state index contributed by atoms with van der Waals surface area (Å²) in [5.74, 6) is 0. The standard InChI is InChI=1S/C10H6N2S/c1-2-4-8-6-10-9(11-13-12-10)5-7(8)3-1/h1-6H. The summed E-state index contributed by atoms with van der Waals surface area (Å²) in [5.41, 5.74) is 1.98. The summed E-state index contributed by atoms with van der Waals surface area (Å²) < 4.78 is 8.40. The first-order valence-corrected chi connectivity index (χ1v) is 4.77. The molecule has 13 heavy (non-hydrogen) atoms. The molecule has 0 aliphatic rings. The number of hydrogen-bond donors (Lipinski definition) is 0. The van der Waals surface area contributed by atoms with Gasteiger partial charge in [0.25, 0.3) is 0 Å². The largest absolute Gasteiger partial charge is 0.173 e. The average molecular weight is 186 g/mol. The van der Waals surface area contributed by atoms with Crippen LogP contribution in [0, 0.1) is 0 Å². The zero-order valence-corrected chi connectivity index (χ0v) is 7.58. The molecule has 2 nitrogen and oxygen atoms in total. The van der Waals surface area contributed by atoms with E-state index in [0.717, 1.165) is 11.0 Å². The van der Waals surface area contributed by atoms with E-state index in [4.69, 9.17) is 0 Å². The van der Waals surface area contributed by atoms with E-state index in [2.05, 4.69) is 33.0 Å². The van der Waals surface area contributed by atoms with Gasteiger partial charge in [-0.25, -0.2) is 0 Å². The monoisotopic (exact) mass is 186 g/mol. The molecule has 0 amide bonds. The molecule has 3 aromatic rings.